The number of halogens is 1. The zero-order chi connectivity index (χ0) is 14.2. The molecule has 1 N–H and O–H groups in total. The number of rotatable bonds is 3. The molecule has 1 heterocycles. The molecule has 19 heavy (non-hydrogen) atoms. The third-order valence-corrected chi connectivity index (χ3v) is 4.05. The van der Waals surface area contributed by atoms with E-state index in [1.807, 2.05) is 11.8 Å². The molecular weight excluding hydrogens is 316 g/mol. The Morgan fingerprint density at radius 3 is 2.68 bits per heavy atom. The van der Waals surface area contributed by atoms with E-state index in [9.17, 15) is 14.9 Å². The van der Waals surface area contributed by atoms with E-state index >= 15 is 0 Å². The zero-order valence-corrected chi connectivity index (χ0v) is 11.8. The number of hydrogen-bond donors (Lipinski definition) is 1. The fourth-order valence-electron chi connectivity index (χ4n) is 2.35. The fraction of sp³-hybridized carbons (Fsp3) is 0.417. The summed E-state index contributed by atoms with van der Waals surface area (Å²) in [5.74, 6) is -1.14. The third-order valence-electron chi connectivity index (χ3n) is 3.41. The Bertz CT molecular complexity index is 534. The number of hydrogen-bond acceptors (Lipinski definition) is 4. The van der Waals surface area contributed by atoms with Gasteiger partial charge < -0.3 is 10.0 Å². The smallest absolute Gasteiger partial charge is 0.308 e. The molecule has 2 rings (SSSR count). The van der Waals surface area contributed by atoms with Crippen LogP contribution in [0.4, 0.5) is 11.4 Å². The van der Waals surface area contributed by atoms with Crippen LogP contribution < -0.4 is 4.90 Å². The molecule has 7 heteroatoms. The Hall–Kier alpha value is -1.63. The lowest BCUT2D eigenvalue weighted by atomic mass is 9.99. The van der Waals surface area contributed by atoms with Gasteiger partial charge in [0, 0.05) is 29.7 Å². The van der Waals surface area contributed by atoms with Crippen molar-refractivity contribution in [2.45, 2.75) is 6.92 Å². The number of anilines is 1. The molecule has 1 aromatic carbocycles. The summed E-state index contributed by atoms with van der Waals surface area (Å²) in [6, 6.07) is 4.52. The molecular formula is C12H13BrN2O4. The van der Waals surface area contributed by atoms with Gasteiger partial charge in [0.05, 0.1) is 16.5 Å². The summed E-state index contributed by atoms with van der Waals surface area (Å²) in [4.78, 5) is 23.2. The molecule has 0 amide bonds. The number of carboxylic acids is 1. The Kier molecular flexibility index (Phi) is 3.75. The van der Waals surface area contributed by atoms with Gasteiger partial charge >= 0.3 is 5.97 Å². The van der Waals surface area contributed by atoms with E-state index in [4.69, 9.17) is 5.11 Å². The van der Waals surface area contributed by atoms with Crippen molar-refractivity contribution in [2.24, 2.45) is 11.8 Å². The number of nitro benzene ring substituents is 1. The molecule has 2 unspecified atom stereocenters. The number of benzene rings is 1. The van der Waals surface area contributed by atoms with Gasteiger partial charge in [-0.05, 0) is 27.9 Å². The van der Waals surface area contributed by atoms with Gasteiger partial charge in [-0.2, -0.15) is 0 Å². The average molecular weight is 329 g/mol. The molecule has 0 spiro atoms. The number of non-ortho nitro benzene ring substituents is 1. The number of carbonyl (C=O) groups is 1. The minimum Gasteiger partial charge on any atom is -0.481 e. The van der Waals surface area contributed by atoms with Crippen molar-refractivity contribution in [3.05, 3.63) is 32.8 Å². The molecule has 0 aliphatic carbocycles. The van der Waals surface area contributed by atoms with Gasteiger partial charge in [0.2, 0.25) is 0 Å². The molecule has 1 aromatic rings. The fourth-order valence-corrected chi connectivity index (χ4v) is 2.97. The molecule has 0 bridgehead atoms. The highest BCUT2D eigenvalue weighted by atomic mass is 79.9. The summed E-state index contributed by atoms with van der Waals surface area (Å²) in [5, 5.41) is 19.8. The van der Waals surface area contributed by atoms with E-state index < -0.39 is 16.8 Å². The van der Waals surface area contributed by atoms with Gasteiger partial charge in [-0.1, -0.05) is 6.92 Å². The van der Waals surface area contributed by atoms with Crippen LogP contribution in [0.3, 0.4) is 0 Å². The third kappa shape index (κ3) is 2.70. The molecule has 1 aliphatic rings. The highest BCUT2D eigenvalue weighted by Crippen LogP contribution is 2.35. The van der Waals surface area contributed by atoms with E-state index in [1.165, 1.54) is 12.1 Å². The quantitative estimate of drug-likeness (QED) is 0.680. The maximum atomic E-state index is 11.1. The normalized spacial score (nSPS) is 22.5. The second-order valence-electron chi connectivity index (χ2n) is 4.72. The number of nitrogens with zero attached hydrogens (tertiary/aromatic N) is 2. The Labute approximate surface area is 118 Å². The molecule has 1 fully saturated rings. The summed E-state index contributed by atoms with van der Waals surface area (Å²) in [6.07, 6.45) is 0. The van der Waals surface area contributed by atoms with E-state index in [-0.39, 0.29) is 11.6 Å². The molecule has 0 aromatic heterocycles. The first-order valence-corrected chi connectivity index (χ1v) is 6.61. The van der Waals surface area contributed by atoms with Crippen molar-refractivity contribution >= 4 is 33.3 Å². The van der Waals surface area contributed by atoms with E-state index in [1.54, 1.807) is 6.07 Å². The first kappa shape index (κ1) is 13.8. The lowest BCUT2D eigenvalue weighted by molar-refractivity contribution is -0.384. The predicted octanol–water partition coefficient (Wildman–Crippen LogP) is 2.51. The topological polar surface area (TPSA) is 83.7 Å². The first-order valence-electron chi connectivity index (χ1n) is 5.82. The number of carboxylic acid groups (broad SMARTS) is 1. The van der Waals surface area contributed by atoms with E-state index in [2.05, 4.69) is 15.9 Å². The van der Waals surface area contributed by atoms with Crippen molar-refractivity contribution in [1.29, 1.82) is 0 Å². The van der Waals surface area contributed by atoms with Crippen LogP contribution in [0.2, 0.25) is 0 Å². The lowest BCUT2D eigenvalue weighted by Crippen LogP contribution is -2.23. The largest absolute Gasteiger partial charge is 0.481 e. The van der Waals surface area contributed by atoms with Crippen LogP contribution in [0.5, 0.6) is 0 Å². The predicted molar refractivity (Wildman–Crippen MR) is 73.3 cm³/mol. The summed E-state index contributed by atoms with van der Waals surface area (Å²) in [6.45, 7) is 2.96. The van der Waals surface area contributed by atoms with Crippen molar-refractivity contribution in [3.8, 4) is 0 Å². The standard InChI is InChI=1S/C12H13BrN2O4/c1-7-5-14(6-9(7)12(16)17)11-3-2-8(15(18)19)4-10(11)13/h2-4,7,9H,5-6H2,1H3,(H,16,17). The molecule has 0 radical (unpaired) electrons. The van der Waals surface area contributed by atoms with Gasteiger partial charge in [-0.3, -0.25) is 14.9 Å². The summed E-state index contributed by atoms with van der Waals surface area (Å²) in [5.41, 5.74) is 0.804. The molecule has 1 aliphatic heterocycles. The van der Waals surface area contributed by atoms with E-state index in [0.29, 0.717) is 17.6 Å². The van der Waals surface area contributed by atoms with Crippen LogP contribution in [-0.2, 0) is 4.79 Å². The molecule has 102 valence electrons. The molecule has 0 saturated carbocycles. The first-order chi connectivity index (χ1) is 8.90. The summed E-state index contributed by atoms with van der Waals surface area (Å²) in [7, 11) is 0. The molecule has 2 atom stereocenters. The summed E-state index contributed by atoms with van der Waals surface area (Å²) < 4.78 is 0.611. The van der Waals surface area contributed by atoms with Crippen LogP contribution in [0.1, 0.15) is 6.92 Å². The zero-order valence-electron chi connectivity index (χ0n) is 10.2. The number of nitro groups is 1. The van der Waals surface area contributed by atoms with Crippen LogP contribution in [0.15, 0.2) is 22.7 Å². The van der Waals surface area contributed by atoms with Crippen LogP contribution in [-0.4, -0.2) is 29.1 Å². The van der Waals surface area contributed by atoms with Crippen LogP contribution in [0.25, 0.3) is 0 Å². The minimum atomic E-state index is -0.798. The lowest BCUT2D eigenvalue weighted by Gasteiger charge is -2.19. The van der Waals surface area contributed by atoms with Crippen molar-refractivity contribution < 1.29 is 14.8 Å². The molecule has 6 nitrogen and oxygen atoms in total. The van der Waals surface area contributed by atoms with E-state index in [0.717, 1.165) is 5.69 Å². The maximum Gasteiger partial charge on any atom is 0.308 e. The molecule has 1 saturated heterocycles. The van der Waals surface area contributed by atoms with Gasteiger partial charge in [0.25, 0.3) is 5.69 Å². The highest BCUT2D eigenvalue weighted by molar-refractivity contribution is 9.10. The maximum absolute atomic E-state index is 11.1. The summed E-state index contributed by atoms with van der Waals surface area (Å²) >= 11 is 3.31. The van der Waals surface area contributed by atoms with Crippen LogP contribution >= 0.6 is 15.9 Å². The Morgan fingerprint density at radius 1 is 1.53 bits per heavy atom. The second-order valence-corrected chi connectivity index (χ2v) is 5.57. The van der Waals surface area contributed by atoms with Crippen LogP contribution in [0, 0.1) is 22.0 Å². The van der Waals surface area contributed by atoms with Gasteiger partial charge in [-0.25, -0.2) is 0 Å². The monoisotopic (exact) mass is 328 g/mol. The van der Waals surface area contributed by atoms with Gasteiger partial charge in [0.1, 0.15) is 0 Å². The second kappa shape index (κ2) is 5.16. The minimum absolute atomic E-state index is 0.0117. The van der Waals surface area contributed by atoms with Crippen molar-refractivity contribution in [1.82, 2.24) is 0 Å². The van der Waals surface area contributed by atoms with Crippen molar-refractivity contribution in [2.75, 3.05) is 18.0 Å². The Morgan fingerprint density at radius 2 is 2.21 bits per heavy atom. The van der Waals surface area contributed by atoms with Gasteiger partial charge in [0.15, 0.2) is 0 Å². The number of aliphatic carboxylic acids is 1. The van der Waals surface area contributed by atoms with Crippen molar-refractivity contribution in [3.63, 3.8) is 0 Å². The SMILES string of the molecule is CC1CN(c2ccc([N+](=O)[O-])cc2Br)CC1C(=O)O. The average Bonchev–Trinajstić information content (AvgIpc) is 2.71. The van der Waals surface area contributed by atoms with Gasteiger partial charge in [-0.15, -0.1) is 0 Å². The Balaban J connectivity index is 2.24. The highest BCUT2D eigenvalue weighted by Gasteiger charge is 2.35.